The minimum Gasteiger partial charge on any atom is -0.456 e. The first-order valence-electron chi connectivity index (χ1n) is 16.1. The van der Waals surface area contributed by atoms with Gasteiger partial charge in [0.15, 0.2) is 0 Å². The van der Waals surface area contributed by atoms with Gasteiger partial charge in [-0.2, -0.15) is 0 Å². The molecule has 0 atom stereocenters. The standard InChI is InChI=1S/C43H32N2OS/c1-3-12-28(2)25-26-44-35-17-7-4-13-30(35)34-27-29(23-24-36(34)44)45(37-18-11-21-40-42(37)33-15-5-8-20-39(33)46-40)38-19-10-16-32-31-14-6-9-22-41(31)47-43(32)38/h3-24,27H,1,25-26H2,2H3/b28-12-. The van der Waals surface area contributed by atoms with Crippen molar-refractivity contribution in [2.24, 2.45) is 0 Å². The van der Waals surface area contributed by atoms with Gasteiger partial charge in [0, 0.05) is 54.9 Å². The van der Waals surface area contributed by atoms with Crippen molar-refractivity contribution in [2.75, 3.05) is 4.90 Å². The van der Waals surface area contributed by atoms with E-state index in [4.69, 9.17) is 4.42 Å². The fourth-order valence-electron chi connectivity index (χ4n) is 7.25. The number of aryl methyl sites for hydroxylation is 1. The maximum Gasteiger partial charge on any atom is 0.137 e. The molecular formula is C43H32N2OS. The fraction of sp³-hybridized carbons (Fsp3) is 0.0698. The lowest BCUT2D eigenvalue weighted by atomic mass is 10.1. The number of thiophene rings is 1. The van der Waals surface area contributed by atoms with Crippen molar-refractivity contribution in [3.63, 3.8) is 0 Å². The average Bonchev–Trinajstić information content (AvgIpc) is 3.78. The van der Waals surface area contributed by atoms with Crippen LogP contribution in [0.1, 0.15) is 13.3 Å². The van der Waals surface area contributed by atoms with Gasteiger partial charge in [-0.25, -0.2) is 0 Å². The van der Waals surface area contributed by atoms with E-state index in [1.54, 1.807) is 0 Å². The molecule has 226 valence electrons. The number of anilines is 3. The van der Waals surface area contributed by atoms with E-state index in [0.29, 0.717) is 0 Å². The van der Waals surface area contributed by atoms with Crippen LogP contribution in [0, 0.1) is 0 Å². The number of para-hydroxylation sites is 2. The van der Waals surface area contributed by atoms with E-state index in [0.717, 1.165) is 52.0 Å². The molecule has 0 amide bonds. The quantitative estimate of drug-likeness (QED) is 0.165. The maximum atomic E-state index is 6.41. The van der Waals surface area contributed by atoms with E-state index < -0.39 is 0 Å². The van der Waals surface area contributed by atoms with Crippen molar-refractivity contribution >= 4 is 92.3 Å². The largest absolute Gasteiger partial charge is 0.456 e. The molecule has 9 rings (SSSR count). The Bertz CT molecular complexity index is 2680. The second kappa shape index (κ2) is 11.0. The summed E-state index contributed by atoms with van der Waals surface area (Å²) in [4.78, 5) is 2.45. The van der Waals surface area contributed by atoms with Crippen molar-refractivity contribution in [2.45, 2.75) is 19.9 Å². The van der Waals surface area contributed by atoms with Crippen molar-refractivity contribution in [3.8, 4) is 0 Å². The topological polar surface area (TPSA) is 21.3 Å². The molecule has 0 radical (unpaired) electrons. The van der Waals surface area contributed by atoms with Crippen LogP contribution in [0.2, 0.25) is 0 Å². The molecule has 0 saturated carbocycles. The molecule has 0 unspecified atom stereocenters. The van der Waals surface area contributed by atoms with Crippen LogP contribution in [0.25, 0.3) is 63.9 Å². The maximum absolute atomic E-state index is 6.41. The van der Waals surface area contributed by atoms with Gasteiger partial charge in [0.05, 0.1) is 21.5 Å². The van der Waals surface area contributed by atoms with Gasteiger partial charge >= 0.3 is 0 Å². The van der Waals surface area contributed by atoms with E-state index in [-0.39, 0.29) is 0 Å². The number of rotatable bonds is 7. The number of hydrogen-bond donors (Lipinski definition) is 0. The van der Waals surface area contributed by atoms with E-state index in [1.807, 2.05) is 23.5 Å². The molecule has 9 aromatic rings. The Labute approximate surface area is 276 Å². The average molecular weight is 625 g/mol. The monoisotopic (exact) mass is 624 g/mol. The summed E-state index contributed by atoms with van der Waals surface area (Å²) in [7, 11) is 0. The first-order chi connectivity index (χ1) is 23.2. The summed E-state index contributed by atoms with van der Waals surface area (Å²) in [5, 5.41) is 7.32. The highest BCUT2D eigenvalue weighted by molar-refractivity contribution is 7.26. The first-order valence-corrected chi connectivity index (χ1v) is 16.9. The van der Waals surface area contributed by atoms with Crippen LogP contribution in [-0.4, -0.2) is 4.57 Å². The van der Waals surface area contributed by atoms with Gasteiger partial charge in [-0.15, -0.1) is 11.3 Å². The molecule has 0 aliphatic carbocycles. The van der Waals surface area contributed by atoms with Crippen LogP contribution in [0.15, 0.2) is 156 Å². The lowest BCUT2D eigenvalue weighted by Crippen LogP contribution is -2.10. The third-order valence-electron chi connectivity index (χ3n) is 9.39. The zero-order chi connectivity index (χ0) is 31.5. The predicted octanol–water partition coefficient (Wildman–Crippen LogP) is 13.1. The number of hydrogen-bond acceptors (Lipinski definition) is 3. The fourth-order valence-corrected chi connectivity index (χ4v) is 8.46. The summed E-state index contributed by atoms with van der Waals surface area (Å²) in [5.41, 5.74) is 8.99. The number of nitrogens with zero attached hydrogens (tertiary/aromatic N) is 2. The minimum absolute atomic E-state index is 0.887. The summed E-state index contributed by atoms with van der Waals surface area (Å²) >= 11 is 1.86. The van der Waals surface area contributed by atoms with Gasteiger partial charge in [-0.3, -0.25) is 0 Å². The van der Waals surface area contributed by atoms with Gasteiger partial charge in [0.2, 0.25) is 0 Å². The summed E-state index contributed by atoms with van der Waals surface area (Å²) in [5.74, 6) is 0. The highest BCUT2D eigenvalue weighted by atomic mass is 32.1. The molecule has 4 heteroatoms. The molecule has 0 saturated heterocycles. The molecule has 47 heavy (non-hydrogen) atoms. The van der Waals surface area contributed by atoms with E-state index in [9.17, 15) is 0 Å². The second-order valence-corrected chi connectivity index (χ2v) is 13.3. The van der Waals surface area contributed by atoms with Crippen molar-refractivity contribution in [1.82, 2.24) is 4.57 Å². The molecule has 0 aliphatic heterocycles. The smallest absolute Gasteiger partial charge is 0.137 e. The lowest BCUT2D eigenvalue weighted by Gasteiger charge is -2.27. The normalized spacial score (nSPS) is 12.3. The van der Waals surface area contributed by atoms with Crippen LogP contribution in [-0.2, 0) is 6.54 Å². The van der Waals surface area contributed by atoms with E-state index in [2.05, 4.69) is 150 Å². The van der Waals surface area contributed by atoms with E-state index >= 15 is 0 Å². The number of furan rings is 1. The van der Waals surface area contributed by atoms with Crippen LogP contribution in [0.4, 0.5) is 17.1 Å². The zero-order valence-corrected chi connectivity index (χ0v) is 26.9. The Morgan fingerprint density at radius 1 is 0.702 bits per heavy atom. The molecule has 0 bridgehead atoms. The summed E-state index contributed by atoms with van der Waals surface area (Å²) < 4.78 is 11.4. The number of allylic oxidation sites excluding steroid dienone is 3. The molecule has 3 aromatic heterocycles. The molecule has 0 fully saturated rings. The van der Waals surface area contributed by atoms with Crippen LogP contribution < -0.4 is 4.90 Å². The SMILES string of the molecule is C=C/C=C(/C)CCn1c2ccccc2c2cc(N(c3cccc4c3sc3ccccc34)c3cccc4oc5ccccc5c34)ccc21. The van der Waals surface area contributed by atoms with Gasteiger partial charge in [-0.05, 0) is 67.9 Å². The van der Waals surface area contributed by atoms with Crippen molar-refractivity contribution < 1.29 is 4.42 Å². The van der Waals surface area contributed by atoms with E-state index in [1.165, 1.54) is 47.6 Å². The van der Waals surface area contributed by atoms with Crippen LogP contribution in [0.3, 0.4) is 0 Å². The van der Waals surface area contributed by atoms with Gasteiger partial charge in [0.1, 0.15) is 11.2 Å². The molecule has 3 heterocycles. The Morgan fingerprint density at radius 2 is 1.40 bits per heavy atom. The van der Waals surface area contributed by atoms with Crippen molar-refractivity contribution in [3.05, 3.63) is 152 Å². The minimum atomic E-state index is 0.887. The Kier molecular flexibility index (Phi) is 6.51. The molecule has 6 aromatic carbocycles. The van der Waals surface area contributed by atoms with Gasteiger partial charge < -0.3 is 13.9 Å². The molecule has 3 nitrogen and oxygen atoms in total. The molecule has 0 N–H and O–H groups in total. The third kappa shape index (κ3) is 4.40. The third-order valence-corrected chi connectivity index (χ3v) is 10.6. The number of aromatic nitrogens is 1. The predicted molar refractivity (Wildman–Crippen MR) is 203 cm³/mol. The Balaban J connectivity index is 1.33. The molecule has 0 spiro atoms. The number of fused-ring (bicyclic) bond motifs is 9. The highest BCUT2D eigenvalue weighted by Crippen LogP contribution is 2.48. The molecular weight excluding hydrogens is 593 g/mol. The summed E-state index contributed by atoms with van der Waals surface area (Å²) in [6, 6.07) is 46.0. The van der Waals surface area contributed by atoms with Crippen LogP contribution >= 0.6 is 11.3 Å². The first kappa shape index (κ1) is 27.7. The van der Waals surface area contributed by atoms with Gasteiger partial charge in [0.25, 0.3) is 0 Å². The van der Waals surface area contributed by atoms with Gasteiger partial charge in [-0.1, -0.05) is 97.1 Å². The second-order valence-electron chi connectivity index (χ2n) is 12.2. The summed E-state index contributed by atoms with van der Waals surface area (Å²) in [6.07, 6.45) is 4.96. The molecule has 0 aliphatic rings. The summed E-state index contributed by atoms with van der Waals surface area (Å²) in [6.45, 7) is 6.98. The Morgan fingerprint density at radius 3 is 2.30 bits per heavy atom. The van der Waals surface area contributed by atoms with Crippen LogP contribution in [0.5, 0.6) is 0 Å². The Hall–Kier alpha value is -5.58. The lowest BCUT2D eigenvalue weighted by molar-refractivity contribution is 0.669. The highest BCUT2D eigenvalue weighted by Gasteiger charge is 2.23. The van der Waals surface area contributed by atoms with Crippen molar-refractivity contribution in [1.29, 1.82) is 0 Å². The zero-order valence-electron chi connectivity index (χ0n) is 26.1. The number of benzene rings is 6.